The summed E-state index contributed by atoms with van der Waals surface area (Å²) in [7, 11) is -3.03. The molecule has 1 unspecified atom stereocenters. The summed E-state index contributed by atoms with van der Waals surface area (Å²) in [6.45, 7) is 0. The van der Waals surface area contributed by atoms with Gasteiger partial charge in [-0.15, -0.1) is 11.6 Å². The monoisotopic (exact) mass is 240 g/mol. The summed E-state index contributed by atoms with van der Waals surface area (Å²) in [6, 6.07) is 0. The molecule has 0 aromatic heterocycles. The minimum atomic E-state index is -3.03. The number of allylic oxidation sites excluding steroid dienone is 3. The minimum absolute atomic E-state index is 0.0362. The maximum Gasteiger partial charge on any atom is 0.151 e. The van der Waals surface area contributed by atoms with Crippen molar-refractivity contribution < 1.29 is 8.42 Å². The summed E-state index contributed by atoms with van der Waals surface area (Å²) in [5, 5.41) is 0.363. The average Bonchev–Trinajstić information content (AvgIpc) is 1.94. The molecule has 0 bridgehead atoms. The third-order valence-electron chi connectivity index (χ3n) is 1.63. The third kappa shape index (κ3) is 3.71. The van der Waals surface area contributed by atoms with Gasteiger partial charge in [0.2, 0.25) is 0 Å². The van der Waals surface area contributed by atoms with E-state index in [4.69, 9.17) is 23.2 Å². The summed E-state index contributed by atoms with van der Waals surface area (Å²) in [5.74, 6) is -0.0362. The van der Waals surface area contributed by atoms with Gasteiger partial charge in [-0.25, -0.2) is 8.42 Å². The normalized spacial score (nSPS) is 23.8. The number of rotatable bonds is 2. The molecule has 0 saturated heterocycles. The molecule has 1 aliphatic rings. The predicted molar refractivity (Wildman–Crippen MR) is 56.0 cm³/mol. The maximum atomic E-state index is 11.0. The van der Waals surface area contributed by atoms with E-state index in [2.05, 4.69) is 0 Å². The molecule has 0 saturated carbocycles. The second-order valence-electron chi connectivity index (χ2n) is 3.07. The van der Waals surface area contributed by atoms with Gasteiger partial charge in [0.15, 0.2) is 9.84 Å². The van der Waals surface area contributed by atoms with E-state index in [0.29, 0.717) is 17.0 Å². The Morgan fingerprint density at radius 1 is 1.62 bits per heavy atom. The molecule has 13 heavy (non-hydrogen) atoms. The zero-order valence-electron chi connectivity index (χ0n) is 7.13. The first-order valence-electron chi connectivity index (χ1n) is 3.77. The van der Waals surface area contributed by atoms with Gasteiger partial charge in [-0.3, -0.25) is 0 Å². The molecule has 0 N–H and O–H groups in total. The Balaban J connectivity index is 2.85. The Hall–Kier alpha value is 0.01000. The van der Waals surface area contributed by atoms with Gasteiger partial charge in [-0.05, 0) is 12.0 Å². The fraction of sp³-hybridized carbons (Fsp3) is 0.500. The molecule has 74 valence electrons. The zero-order chi connectivity index (χ0) is 10.1. The highest BCUT2D eigenvalue weighted by atomic mass is 35.5. The molecule has 2 nitrogen and oxygen atoms in total. The van der Waals surface area contributed by atoms with E-state index in [0.717, 1.165) is 0 Å². The van der Waals surface area contributed by atoms with Crippen LogP contribution in [0.2, 0.25) is 0 Å². The summed E-state index contributed by atoms with van der Waals surface area (Å²) >= 11 is 11.7. The molecule has 0 radical (unpaired) electrons. The Morgan fingerprint density at radius 2 is 2.23 bits per heavy atom. The van der Waals surface area contributed by atoms with Gasteiger partial charge in [0.1, 0.15) is 0 Å². The maximum absolute atomic E-state index is 11.0. The highest BCUT2D eigenvalue weighted by Gasteiger charge is 2.16. The number of halogens is 2. The molecular formula is C8H10Cl2O2S. The Bertz CT molecular complexity index is 354. The van der Waals surface area contributed by atoms with Crippen LogP contribution >= 0.6 is 23.2 Å². The Labute approximate surface area is 88.1 Å². The Morgan fingerprint density at radius 3 is 2.77 bits per heavy atom. The van der Waals surface area contributed by atoms with Crippen LogP contribution in [-0.4, -0.2) is 25.8 Å². The first-order valence-corrected chi connectivity index (χ1v) is 6.64. The van der Waals surface area contributed by atoms with Crippen molar-refractivity contribution >= 4 is 33.0 Å². The fourth-order valence-corrected chi connectivity index (χ4v) is 2.47. The van der Waals surface area contributed by atoms with Crippen molar-refractivity contribution in [2.75, 3.05) is 12.0 Å². The largest absolute Gasteiger partial charge is 0.229 e. The van der Waals surface area contributed by atoms with Crippen LogP contribution in [-0.2, 0) is 9.84 Å². The molecule has 5 heteroatoms. The van der Waals surface area contributed by atoms with Gasteiger partial charge >= 0.3 is 0 Å². The van der Waals surface area contributed by atoms with E-state index < -0.39 is 9.84 Å². The van der Waals surface area contributed by atoms with E-state index in [1.54, 1.807) is 12.2 Å². The van der Waals surface area contributed by atoms with Crippen LogP contribution < -0.4 is 0 Å². The van der Waals surface area contributed by atoms with Crippen LogP contribution in [0.3, 0.4) is 0 Å². The van der Waals surface area contributed by atoms with E-state index in [9.17, 15) is 8.42 Å². The van der Waals surface area contributed by atoms with Crippen LogP contribution in [0.4, 0.5) is 0 Å². The molecular weight excluding hydrogens is 231 g/mol. The standard InChI is InChI=1S/C8H10Cl2O2S/c1-13(11,12)5-6-4-7(9)2-3-8(6)10/h3-4,7H,2,5H2,1H3. The minimum Gasteiger partial charge on any atom is -0.229 e. The SMILES string of the molecule is CS(=O)(=O)CC1=CC(Cl)CC=C1Cl. The topological polar surface area (TPSA) is 34.1 Å². The quantitative estimate of drug-likeness (QED) is 0.694. The summed E-state index contributed by atoms with van der Waals surface area (Å²) < 4.78 is 22.0. The molecule has 1 aliphatic carbocycles. The lowest BCUT2D eigenvalue weighted by atomic mass is 10.1. The predicted octanol–water partition coefficient (Wildman–Crippen LogP) is 2.09. The number of sulfone groups is 1. The lowest BCUT2D eigenvalue weighted by molar-refractivity contribution is 0.604. The molecule has 0 aromatic rings. The van der Waals surface area contributed by atoms with Crippen LogP contribution in [0.1, 0.15) is 6.42 Å². The Kier molecular flexibility index (Phi) is 3.44. The van der Waals surface area contributed by atoms with Crippen molar-refractivity contribution in [2.24, 2.45) is 0 Å². The van der Waals surface area contributed by atoms with Crippen molar-refractivity contribution in [1.29, 1.82) is 0 Å². The van der Waals surface area contributed by atoms with Gasteiger partial charge in [0.25, 0.3) is 0 Å². The van der Waals surface area contributed by atoms with E-state index in [-0.39, 0.29) is 11.1 Å². The van der Waals surface area contributed by atoms with E-state index >= 15 is 0 Å². The number of alkyl halides is 1. The molecule has 1 atom stereocenters. The van der Waals surface area contributed by atoms with Crippen molar-refractivity contribution in [3.05, 3.63) is 22.8 Å². The highest BCUT2D eigenvalue weighted by molar-refractivity contribution is 7.90. The lowest BCUT2D eigenvalue weighted by Gasteiger charge is -2.13. The number of hydrogen-bond donors (Lipinski definition) is 0. The molecule has 0 spiro atoms. The summed E-state index contributed by atoms with van der Waals surface area (Å²) in [4.78, 5) is 0. The van der Waals surface area contributed by atoms with Crippen molar-refractivity contribution in [1.82, 2.24) is 0 Å². The second kappa shape index (κ2) is 4.03. The molecule has 0 aliphatic heterocycles. The molecule has 0 aromatic carbocycles. The van der Waals surface area contributed by atoms with Gasteiger partial charge in [0.05, 0.1) is 11.1 Å². The molecule has 0 fully saturated rings. The molecule has 0 amide bonds. The van der Waals surface area contributed by atoms with Gasteiger partial charge in [0, 0.05) is 11.3 Å². The van der Waals surface area contributed by atoms with Crippen molar-refractivity contribution in [2.45, 2.75) is 11.8 Å². The van der Waals surface area contributed by atoms with Crippen LogP contribution in [0, 0.1) is 0 Å². The van der Waals surface area contributed by atoms with Crippen LogP contribution in [0.25, 0.3) is 0 Å². The van der Waals surface area contributed by atoms with Gasteiger partial charge in [-0.2, -0.15) is 0 Å². The van der Waals surface area contributed by atoms with E-state index in [1.807, 2.05) is 0 Å². The molecule has 1 rings (SSSR count). The first kappa shape index (κ1) is 11.1. The van der Waals surface area contributed by atoms with Crippen molar-refractivity contribution in [3.63, 3.8) is 0 Å². The fourth-order valence-electron chi connectivity index (χ4n) is 1.11. The second-order valence-corrected chi connectivity index (χ2v) is 6.17. The summed E-state index contributed by atoms with van der Waals surface area (Å²) in [5.41, 5.74) is 0.607. The van der Waals surface area contributed by atoms with Crippen LogP contribution in [0.15, 0.2) is 22.8 Å². The first-order chi connectivity index (χ1) is 5.88. The third-order valence-corrected chi connectivity index (χ3v) is 3.17. The lowest BCUT2D eigenvalue weighted by Crippen LogP contribution is -2.10. The van der Waals surface area contributed by atoms with Gasteiger partial charge < -0.3 is 0 Å². The smallest absolute Gasteiger partial charge is 0.151 e. The van der Waals surface area contributed by atoms with Crippen molar-refractivity contribution in [3.8, 4) is 0 Å². The van der Waals surface area contributed by atoms with Crippen LogP contribution in [0.5, 0.6) is 0 Å². The zero-order valence-corrected chi connectivity index (χ0v) is 9.46. The average molecular weight is 241 g/mol. The number of hydrogen-bond acceptors (Lipinski definition) is 2. The highest BCUT2D eigenvalue weighted by Crippen LogP contribution is 2.25. The molecule has 0 heterocycles. The van der Waals surface area contributed by atoms with Gasteiger partial charge in [-0.1, -0.05) is 23.8 Å². The van der Waals surface area contributed by atoms with E-state index in [1.165, 1.54) is 6.26 Å². The summed E-state index contributed by atoms with van der Waals surface area (Å²) in [6.07, 6.45) is 5.29.